The van der Waals surface area contributed by atoms with E-state index in [1.54, 1.807) is 6.20 Å². The average Bonchev–Trinajstić information content (AvgIpc) is 3.07. The molecular formula is C19H22ClN3O4S. The minimum atomic E-state index is -3.59. The average molecular weight is 424 g/mol. The molecule has 4 rings (SSSR count). The monoisotopic (exact) mass is 423 g/mol. The van der Waals surface area contributed by atoms with Crippen molar-refractivity contribution in [2.24, 2.45) is 0 Å². The highest BCUT2D eigenvalue weighted by molar-refractivity contribution is 7.86. The maximum Gasteiger partial charge on any atom is 0.269 e. The van der Waals surface area contributed by atoms with Crippen LogP contribution in [-0.2, 0) is 25.5 Å². The smallest absolute Gasteiger partial charge is 0.269 e. The molecule has 9 heteroatoms. The second-order valence-electron chi connectivity index (χ2n) is 6.97. The van der Waals surface area contributed by atoms with E-state index in [0.29, 0.717) is 18.1 Å². The Morgan fingerprint density at radius 3 is 2.93 bits per heavy atom. The fourth-order valence-corrected chi connectivity index (χ4v) is 4.94. The normalized spacial score (nSPS) is 20.8. The molecule has 7 nitrogen and oxygen atoms in total. The minimum absolute atomic E-state index is 0.0790. The van der Waals surface area contributed by atoms with Gasteiger partial charge in [0.25, 0.3) is 10.1 Å². The summed E-state index contributed by atoms with van der Waals surface area (Å²) >= 11 is 6.25. The Kier molecular flexibility index (Phi) is 5.30. The minimum Gasteiger partial charge on any atom is -0.377 e. The molecule has 0 unspecified atom stereocenters. The molecule has 1 aliphatic heterocycles. The maximum atomic E-state index is 11.9. The van der Waals surface area contributed by atoms with Crippen LogP contribution in [0.15, 0.2) is 24.4 Å². The van der Waals surface area contributed by atoms with E-state index in [1.165, 1.54) is 7.11 Å². The summed E-state index contributed by atoms with van der Waals surface area (Å²) < 4.78 is 36.3. The van der Waals surface area contributed by atoms with Crippen LogP contribution in [0.4, 0.5) is 0 Å². The molecule has 0 N–H and O–H groups in total. The molecule has 1 aliphatic rings. The van der Waals surface area contributed by atoms with Gasteiger partial charge < -0.3 is 9.30 Å². The summed E-state index contributed by atoms with van der Waals surface area (Å²) in [6.45, 7) is 2.55. The maximum absolute atomic E-state index is 11.9. The van der Waals surface area contributed by atoms with Crippen molar-refractivity contribution in [1.29, 1.82) is 0 Å². The van der Waals surface area contributed by atoms with Gasteiger partial charge in [-0.1, -0.05) is 18.5 Å². The van der Waals surface area contributed by atoms with Gasteiger partial charge in [-0.25, -0.2) is 4.98 Å². The molecule has 1 fully saturated rings. The standard InChI is InChI=1S/C19H22ClN3O4S/c1-3-18-22-17-10-21-16-5-4-12(20)8-15(16)19(17)23(18)13-6-7-27-14(9-13)11-28(24,25)26-2/h4-5,8,10,13-14H,3,6-7,9,11H2,1-2H3/t13-,14+/m0/s1. The second kappa shape index (κ2) is 7.59. The van der Waals surface area contributed by atoms with Gasteiger partial charge in [0, 0.05) is 29.5 Å². The van der Waals surface area contributed by atoms with Gasteiger partial charge in [0.1, 0.15) is 17.1 Å². The number of ether oxygens (including phenoxy) is 1. The molecule has 3 heterocycles. The lowest BCUT2D eigenvalue weighted by Crippen LogP contribution is -2.33. The third kappa shape index (κ3) is 3.61. The van der Waals surface area contributed by atoms with E-state index in [1.807, 2.05) is 18.2 Å². The quantitative estimate of drug-likeness (QED) is 0.584. The van der Waals surface area contributed by atoms with Crippen molar-refractivity contribution in [2.75, 3.05) is 19.5 Å². The molecule has 0 bridgehead atoms. The summed E-state index contributed by atoms with van der Waals surface area (Å²) in [6.07, 6.45) is 3.49. The number of benzene rings is 1. The van der Waals surface area contributed by atoms with Crippen LogP contribution in [0.1, 0.15) is 31.6 Å². The van der Waals surface area contributed by atoms with Crippen molar-refractivity contribution in [3.63, 3.8) is 0 Å². The van der Waals surface area contributed by atoms with Crippen molar-refractivity contribution in [3.8, 4) is 0 Å². The Balaban J connectivity index is 1.81. The van der Waals surface area contributed by atoms with Gasteiger partial charge in [-0.3, -0.25) is 9.17 Å². The number of fused-ring (bicyclic) bond motifs is 3. The van der Waals surface area contributed by atoms with Crippen molar-refractivity contribution < 1.29 is 17.3 Å². The number of hydrogen-bond donors (Lipinski definition) is 0. The van der Waals surface area contributed by atoms with Crippen LogP contribution in [-0.4, -0.2) is 48.5 Å². The molecular weight excluding hydrogens is 402 g/mol. The van der Waals surface area contributed by atoms with E-state index in [4.69, 9.17) is 21.3 Å². The Morgan fingerprint density at radius 2 is 2.18 bits per heavy atom. The summed E-state index contributed by atoms with van der Waals surface area (Å²) in [5, 5.41) is 1.59. The number of nitrogens with zero attached hydrogens (tertiary/aromatic N) is 3. The van der Waals surface area contributed by atoms with Crippen LogP contribution in [0.3, 0.4) is 0 Å². The predicted molar refractivity (Wildman–Crippen MR) is 108 cm³/mol. The van der Waals surface area contributed by atoms with Crippen LogP contribution in [0.25, 0.3) is 21.9 Å². The Labute approximate surface area is 168 Å². The topological polar surface area (TPSA) is 83.3 Å². The lowest BCUT2D eigenvalue weighted by molar-refractivity contribution is 0.00730. The Hall–Kier alpha value is -1.74. The molecule has 1 aromatic carbocycles. The fourth-order valence-electron chi connectivity index (χ4n) is 3.95. The number of rotatable bonds is 5. The lowest BCUT2D eigenvalue weighted by Gasteiger charge is -2.31. The summed E-state index contributed by atoms with van der Waals surface area (Å²) in [5.74, 6) is 0.798. The highest BCUT2D eigenvalue weighted by Crippen LogP contribution is 2.34. The van der Waals surface area contributed by atoms with Crippen molar-refractivity contribution in [3.05, 3.63) is 35.2 Å². The first-order valence-electron chi connectivity index (χ1n) is 9.27. The van der Waals surface area contributed by atoms with Gasteiger partial charge >= 0.3 is 0 Å². The van der Waals surface area contributed by atoms with E-state index in [-0.39, 0.29) is 11.8 Å². The van der Waals surface area contributed by atoms with Gasteiger partial charge in [0.05, 0.1) is 30.4 Å². The van der Waals surface area contributed by atoms with Crippen LogP contribution >= 0.6 is 11.6 Å². The van der Waals surface area contributed by atoms with Gasteiger partial charge in [-0.15, -0.1) is 0 Å². The molecule has 150 valence electrons. The first-order valence-corrected chi connectivity index (χ1v) is 11.2. The molecule has 1 saturated heterocycles. The number of imidazole rings is 1. The van der Waals surface area contributed by atoms with Gasteiger partial charge in [0.2, 0.25) is 0 Å². The SMILES string of the molecule is CCc1nc2cnc3ccc(Cl)cc3c2n1[C@H]1CCO[C@@H](CS(=O)(=O)OC)C1. The fraction of sp³-hybridized carbons (Fsp3) is 0.474. The second-order valence-corrected chi connectivity index (χ2v) is 9.19. The summed E-state index contributed by atoms with van der Waals surface area (Å²) in [5.41, 5.74) is 2.66. The summed E-state index contributed by atoms with van der Waals surface area (Å²) in [7, 11) is -2.41. The number of pyridine rings is 1. The van der Waals surface area contributed by atoms with Crippen molar-refractivity contribution in [1.82, 2.24) is 14.5 Å². The Bertz CT molecular complexity index is 1130. The molecule has 3 aromatic rings. The lowest BCUT2D eigenvalue weighted by atomic mass is 10.0. The molecule has 0 amide bonds. The summed E-state index contributed by atoms with van der Waals surface area (Å²) in [6, 6.07) is 5.72. The first-order chi connectivity index (χ1) is 13.4. The zero-order chi connectivity index (χ0) is 19.9. The third-order valence-corrected chi connectivity index (χ3v) is 6.74. The Morgan fingerprint density at radius 1 is 1.36 bits per heavy atom. The van der Waals surface area contributed by atoms with E-state index in [0.717, 1.165) is 40.6 Å². The number of aromatic nitrogens is 3. The number of aryl methyl sites for hydroxylation is 1. The van der Waals surface area contributed by atoms with Gasteiger partial charge in [-0.2, -0.15) is 8.42 Å². The molecule has 2 aromatic heterocycles. The van der Waals surface area contributed by atoms with Crippen LogP contribution in [0, 0.1) is 0 Å². The van der Waals surface area contributed by atoms with Gasteiger partial charge in [-0.05, 0) is 31.0 Å². The van der Waals surface area contributed by atoms with Crippen LogP contribution in [0.2, 0.25) is 5.02 Å². The third-order valence-electron chi connectivity index (χ3n) is 5.22. The molecule has 0 radical (unpaired) electrons. The zero-order valence-corrected chi connectivity index (χ0v) is 17.3. The van der Waals surface area contributed by atoms with Crippen molar-refractivity contribution in [2.45, 2.75) is 38.3 Å². The number of hydrogen-bond acceptors (Lipinski definition) is 6. The van der Waals surface area contributed by atoms with E-state index in [2.05, 4.69) is 20.7 Å². The highest BCUT2D eigenvalue weighted by atomic mass is 35.5. The zero-order valence-electron chi connectivity index (χ0n) is 15.8. The van der Waals surface area contributed by atoms with Crippen LogP contribution < -0.4 is 0 Å². The first kappa shape index (κ1) is 19.6. The van der Waals surface area contributed by atoms with Crippen LogP contribution in [0.5, 0.6) is 0 Å². The van der Waals surface area contributed by atoms with Gasteiger partial charge in [0.15, 0.2) is 0 Å². The molecule has 28 heavy (non-hydrogen) atoms. The predicted octanol–water partition coefficient (Wildman–Crippen LogP) is 3.50. The molecule has 0 aliphatic carbocycles. The van der Waals surface area contributed by atoms with E-state index < -0.39 is 16.2 Å². The van der Waals surface area contributed by atoms with E-state index in [9.17, 15) is 8.42 Å². The molecule has 0 spiro atoms. The molecule has 0 saturated carbocycles. The number of halogens is 1. The summed E-state index contributed by atoms with van der Waals surface area (Å²) in [4.78, 5) is 9.28. The largest absolute Gasteiger partial charge is 0.377 e. The molecule has 2 atom stereocenters. The van der Waals surface area contributed by atoms with Crippen molar-refractivity contribution >= 4 is 43.7 Å². The highest BCUT2D eigenvalue weighted by Gasteiger charge is 2.30. The van der Waals surface area contributed by atoms with E-state index >= 15 is 0 Å².